The molecule has 0 N–H and O–H groups in total. The van der Waals surface area contributed by atoms with Crippen LogP contribution >= 0.6 is 24.8 Å². The third-order valence-corrected chi connectivity index (χ3v) is 6.23. The Kier molecular flexibility index (Phi) is 14.8. The van der Waals surface area contributed by atoms with Gasteiger partial charge in [0.05, 0.1) is 0 Å². The van der Waals surface area contributed by atoms with Crippen LogP contribution in [0.25, 0.3) is 43.8 Å². The fourth-order valence-corrected chi connectivity index (χ4v) is 4.52. The van der Waals surface area contributed by atoms with Gasteiger partial charge in [-0.3, -0.25) is 0 Å². The molecule has 0 heterocycles. The molecule has 0 amide bonds. The number of benzene rings is 4. The van der Waals surface area contributed by atoms with E-state index in [1.54, 1.807) is 0 Å². The summed E-state index contributed by atoms with van der Waals surface area (Å²) < 4.78 is 0. The Morgan fingerprint density at radius 1 is 0.474 bits per heavy atom. The number of hydrogen-bond acceptors (Lipinski definition) is 0. The van der Waals surface area contributed by atoms with Crippen molar-refractivity contribution in [1.82, 2.24) is 0 Å². The van der Waals surface area contributed by atoms with Crippen molar-refractivity contribution in [3.05, 3.63) is 132 Å². The van der Waals surface area contributed by atoms with Crippen LogP contribution in [0, 0.1) is 13.8 Å². The largest absolute Gasteiger partial charge is 2.00 e. The molecule has 6 aromatic rings. The second kappa shape index (κ2) is 16.7. The summed E-state index contributed by atoms with van der Waals surface area (Å²) in [5.74, 6) is 0. The first-order valence-corrected chi connectivity index (χ1v) is 14.1. The Bertz CT molecular complexity index is 1410. The number of rotatable bonds is 2. The van der Waals surface area contributed by atoms with E-state index >= 15 is 0 Å². The predicted molar refractivity (Wildman–Crippen MR) is 171 cm³/mol. The second-order valence-electron chi connectivity index (χ2n) is 8.80. The van der Waals surface area contributed by atoms with Crippen molar-refractivity contribution in [1.29, 1.82) is 0 Å². The molecule has 0 fully saturated rings. The maximum atomic E-state index is 2.22. The van der Waals surface area contributed by atoms with Gasteiger partial charge in [0.1, 0.15) is 0 Å². The molecule has 6 rings (SSSR count). The Balaban J connectivity index is 0.000000322. The molecule has 38 heavy (non-hydrogen) atoms. The van der Waals surface area contributed by atoms with E-state index < -0.39 is 0 Å². The molecule has 6 aromatic carbocycles. The Morgan fingerprint density at radius 3 is 1.16 bits per heavy atom. The maximum absolute atomic E-state index is 2.22. The molecule has 0 atom stereocenters. The molecule has 0 saturated heterocycles. The Morgan fingerprint density at radius 2 is 0.789 bits per heavy atom. The summed E-state index contributed by atoms with van der Waals surface area (Å²) in [6.07, 6.45) is 0. The Hall–Kier alpha value is -2.22. The van der Waals surface area contributed by atoms with Crippen LogP contribution in [0.1, 0.15) is 11.1 Å². The molecule has 0 unspecified atom stereocenters. The molecular weight excluding hydrogens is 599 g/mol. The zero-order valence-corrected chi connectivity index (χ0v) is 27.5. The summed E-state index contributed by atoms with van der Waals surface area (Å²) in [5, 5.41) is 5.33. The van der Waals surface area contributed by atoms with Crippen LogP contribution < -0.4 is 0 Å². The number of fused-ring (bicyclic) bond motifs is 2. The van der Waals surface area contributed by atoms with Gasteiger partial charge in [0.15, 0.2) is 0 Å². The number of aryl methyl sites for hydroxylation is 2. The summed E-state index contributed by atoms with van der Waals surface area (Å²) in [5.41, 5.74) is 8.02. The van der Waals surface area contributed by atoms with Crippen LogP contribution in [0.5, 0.6) is 0 Å². The van der Waals surface area contributed by atoms with Gasteiger partial charge in [-0.15, -0.1) is 73.3 Å². The topological polar surface area (TPSA) is 0 Å². The van der Waals surface area contributed by atoms with Gasteiger partial charge in [-0.25, -0.2) is 0 Å². The van der Waals surface area contributed by atoms with Crippen LogP contribution in [0.4, 0.5) is 0 Å². The van der Waals surface area contributed by atoms with Gasteiger partial charge in [0, 0.05) is 9.52 Å². The summed E-state index contributed by atoms with van der Waals surface area (Å²) >= 11 is 0. The third kappa shape index (κ3) is 7.90. The molecule has 0 nitrogen and oxygen atoms in total. The molecule has 0 aliphatic rings. The first-order chi connectivity index (χ1) is 17.1. The SMILES string of the molecule is C[Si]C.Cc1ccccc1-[c-]1ccc2ccccc21.Cc1ccccc1-[c-]1ccc2ccccc21.Cl.Cl.[Zr+2]. The van der Waals surface area contributed by atoms with E-state index in [2.05, 4.69) is 148 Å². The molecule has 0 spiro atoms. The summed E-state index contributed by atoms with van der Waals surface area (Å²) in [6.45, 7) is 8.63. The van der Waals surface area contributed by atoms with Gasteiger partial charge in [-0.2, -0.15) is 0 Å². The van der Waals surface area contributed by atoms with E-state index in [0.29, 0.717) is 0 Å². The first kappa shape index (κ1) is 33.8. The van der Waals surface area contributed by atoms with Crippen LogP contribution in [0.2, 0.25) is 13.1 Å². The molecule has 0 aromatic heterocycles. The minimum atomic E-state index is 0. The maximum Gasteiger partial charge on any atom is 2.00 e. The average molecular weight is 633 g/mol. The normalized spacial score (nSPS) is 9.58. The fraction of sp³-hybridized carbons (Fsp3) is 0.118. The van der Waals surface area contributed by atoms with Gasteiger partial charge in [0.2, 0.25) is 0 Å². The minimum Gasteiger partial charge on any atom is -0.147 e. The number of halogens is 2. The van der Waals surface area contributed by atoms with E-state index in [1.807, 2.05) is 0 Å². The summed E-state index contributed by atoms with van der Waals surface area (Å²) in [7, 11) is 1.08. The van der Waals surface area contributed by atoms with E-state index in [0.717, 1.165) is 9.52 Å². The Labute approximate surface area is 262 Å². The van der Waals surface area contributed by atoms with Crippen LogP contribution in [-0.4, -0.2) is 9.52 Å². The van der Waals surface area contributed by atoms with Gasteiger partial charge in [-0.05, 0) is 0 Å². The van der Waals surface area contributed by atoms with Crippen LogP contribution in [0.15, 0.2) is 121 Å². The van der Waals surface area contributed by atoms with Gasteiger partial charge < -0.3 is 0 Å². The first-order valence-electron chi connectivity index (χ1n) is 12.1. The predicted octanol–water partition coefficient (Wildman–Crippen LogP) is 10.7. The molecule has 2 radical (unpaired) electrons. The van der Waals surface area contributed by atoms with Crippen molar-refractivity contribution >= 4 is 55.9 Å². The smallest absolute Gasteiger partial charge is 0.147 e. The summed E-state index contributed by atoms with van der Waals surface area (Å²) in [6, 6.07) is 43.0. The van der Waals surface area contributed by atoms with Gasteiger partial charge in [-0.1, -0.05) is 155 Å². The van der Waals surface area contributed by atoms with Crippen molar-refractivity contribution in [2.45, 2.75) is 26.9 Å². The van der Waals surface area contributed by atoms with E-state index in [-0.39, 0.29) is 51.0 Å². The van der Waals surface area contributed by atoms with E-state index in [4.69, 9.17) is 0 Å². The van der Waals surface area contributed by atoms with Gasteiger partial charge in [0.25, 0.3) is 0 Å². The molecule has 0 saturated carbocycles. The van der Waals surface area contributed by atoms with Crippen molar-refractivity contribution < 1.29 is 26.2 Å². The third-order valence-electron chi connectivity index (χ3n) is 6.23. The number of hydrogen-bond donors (Lipinski definition) is 0. The zero-order valence-electron chi connectivity index (χ0n) is 22.4. The zero-order chi connectivity index (χ0) is 24.6. The monoisotopic (exact) mass is 630 g/mol. The molecule has 0 aliphatic carbocycles. The fourth-order valence-electron chi connectivity index (χ4n) is 4.52. The average Bonchev–Trinajstić information content (AvgIpc) is 3.50. The van der Waals surface area contributed by atoms with Crippen molar-refractivity contribution in [3.8, 4) is 22.3 Å². The molecule has 0 aliphatic heterocycles. The molecule has 0 bridgehead atoms. The molecule has 4 heteroatoms. The summed E-state index contributed by atoms with van der Waals surface area (Å²) in [4.78, 5) is 0. The van der Waals surface area contributed by atoms with Crippen LogP contribution in [-0.2, 0) is 26.2 Å². The van der Waals surface area contributed by atoms with E-state index in [9.17, 15) is 0 Å². The van der Waals surface area contributed by atoms with E-state index in [1.165, 1.54) is 54.9 Å². The van der Waals surface area contributed by atoms with Gasteiger partial charge >= 0.3 is 26.2 Å². The molecular formula is C34H34Cl2SiZr. The molecule has 192 valence electrons. The van der Waals surface area contributed by atoms with Crippen molar-refractivity contribution in [2.75, 3.05) is 0 Å². The quantitative estimate of drug-likeness (QED) is 0.132. The standard InChI is InChI=1S/2C16H13.C2H6Si.2ClH.Zr/c2*1-12-6-2-4-8-14(12)16-11-10-13-7-3-5-9-15(13)16;1-3-2;;;/h2*2-11H,1H3;1-2H3;2*1H;/q2*-1;;;;+2. The second-order valence-corrected chi connectivity index (χ2v) is 9.80. The van der Waals surface area contributed by atoms with Crippen LogP contribution in [0.3, 0.4) is 0 Å². The van der Waals surface area contributed by atoms with Crippen molar-refractivity contribution in [3.63, 3.8) is 0 Å². The minimum absolute atomic E-state index is 0. The van der Waals surface area contributed by atoms with Crippen molar-refractivity contribution in [2.24, 2.45) is 0 Å².